The standard InChI is InChI=1S/C30H22/c1-20-18-29-27(25-14-6-10-21-8-2-4-12-23(21)25)16-17-28(30(29)19-20)26-15-7-11-22-9-3-5-13-24(22)26/h2-18H,19H2,1H3. The maximum absolute atomic E-state index is 2.39. The molecule has 0 atom stereocenters. The number of hydrogen-bond donors (Lipinski definition) is 0. The van der Waals surface area contributed by atoms with Gasteiger partial charge in [-0.2, -0.15) is 0 Å². The first kappa shape index (κ1) is 17.2. The number of benzene rings is 5. The summed E-state index contributed by atoms with van der Waals surface area (Å²) < 4.78 is 0. The third-order valence-corrected chi connectivity index (χ3v) is 6.36. The zero-order valence-corrected chi connectivity index (χ0v) is 17.0. The smallest absolute Gasteiger partial charge is 0.00542 e. The first-order valence-corrected chi connectivity index (χ1v) is 10.6. The average Bonchev–Trinajstić information content (AvgIpc) is 3.19. The van der Waals surface area contributed by atoms with Crippen LogP contribution in [-0.2, 0) is 6.42 Å². The first-order valence-electron chi connectivity index (χ1n) is 10.6. The van der Waals surface area contributed by atoms with Crippen LogP contribution in [0.15, 0.2) is 103 Å². The molecule has 5 aromatic carbocycles. The van der Waals surface area contributed by atoms with Crippen molar-refractivity contribution in [3.63, 3.8) is 0 Å². The van der Waals surface area contributed by atoms with Gasteiger partial charge in [-0.25, -0.2) is 0 Å². The predicted octanol–water partition coefficient (Wildman–Crippen LogP) is 8.29. The Bertz CT molecular complexity index is 1460. The molecule has 0 saturated heterocycles. The van der Waals surface area contributed by atoms with E-state index in [1.165, 1.54) is 60.5 Å². The van der Waals surface area contributed by atoms with Crippen molar-refractivity contribution in [1.82, 2.24) is 0 Å². The van der Waals surface area contributed by atoms with Crippen LogP contribution in [0, 0.1) is 0 Å². The molecule has 0 bridgehead atoms. The van der Waals surface area contributed by atoms with E-state index in [0.29, 0.717) is 0 Å². The summed E-state index contributed by atoms with van der Waals surface area (Å²) in [6.45, 7) is 2.25. The van der Waals surface area contributed by atoms with Crippen LogP contribution in [0.2, 0.25) is 0 Å². The average molecular weight is 383 g/mol. The molecular weight excluding hydrogens is 360 g/mol. The van der Waals surface area contributed by atoms with Crippen molar-refractivity contribution < 1.29 is 0 Å². The largest absolute Gasteiger partial charge is 0.0683 e. The summed E-state index contributed by atoms with van der Waals surface area (Å²) in [7, 11) is 0. The Kier molecular flexibility index (Phi) is 3.86. The summed E-state index contributed by atoms with van der Waals surface area (Å²) in [6.07, 6.45) is 3.41. The number of rotatable bonds is 2. The fraction of sp³-hybridized carbons (Fsp3) is 0.0667. The van der Waals surface area contributed by atoms with Gasteiger partial charge in [-0.05, 0) is 68.3 Å². The Morgan fingerprint density at radius 2 is 1.03 bits per heavy atom. The molecule has 0 aromatic heterocycles. The highest BCUT2D eigenvalue weighted by Crippen LogP contribution is 2.43. The summed E-state index contributed by atoms with van der Waals surface area (Å²) in [5.41, 5.74) is 9.61. The molecule has 0 unspecified atom stereocenters. The molecule has 0 N–H and O–H groups in total. The van der Waals surface area contributed by atoms with Gasteiger partial charge in [0.2, 0.25) is 0 Å². The van der Waals surface area contributed by atoms with Gasteiger partial charge in [0.05, 0.1) is 0 Å². The Morgan fingerprint density at radius 3 is 1.70 bits per heavy atom. The van der Waals surface area contributed by atoms with E-state index in [4.69, 9.17) is 0 Å². The lowest BCUT2D eigenvalue weighted by Gasteiger charge is -2.16. The van der Waals surface area contributed by atoms with E-state index in [0.717, 1.165) is 6.42 Å². The van der Waals surface area contributed by atoms with E-state index < -0.39 is 0 Å². The Labute approximate surface area is 177 Å². The zero-order valence-electron chi connectivity index (χ0n) is 17.0. The van der Waals surface area contributed by atoms with Crippen molar-refractivity contribution in [1.29, 1.82) is 0 Å². The SMILES string of the molecule is CC1=Cc2c(-c3cccc4ccccc34)ccc(-c3cccc4ccccc34)c2C1. The topological polar surface area (TPSA) is 0 Å². The van der Waals surface area contributed by atoms with Gasteiger partial charge in [0.15, 0.2) is 0 Å². The third kappa shape index (κ3) is 2.61. The minimum absolute atomic E-state index is 1.02. The third-order valence-electron chi connectivity index (χ3n) is 6.36. The van der Waals surface area contributed by atoms with Crippen LogP contribution < -0.4 is 0 Å². The van der Waals surface area contributed by atoms with E-state index in [9.17, 15) is 0 Å². The van der Waals surface area contributed by atoms with E-state index in [2.05, 4.69) is 110 Å². The number of allylic oxidation sites excluding steroid dienone is 1. The van der Waals surface area contributed by atoms with Crippen LogP contribution in [0.4, 0.5) is 0 Å². The highest BCUT2D eigenvalue weighted by atomic mass is 14.2. The molecule has 0 spiro atoms. The van der Waals surface area contributed by atoms with Crippen molar-refractivity contribution in [3.05, 3.63) is 114 Å². The van der Waals surface area contributed by atoms with Crippen molar-refractivity contribution in [2.24, 2.45) is 0 Å². The fourth-order valence-corrected chi connectivity index (χ4v) is 5.00. The van der Waals surface area contributed by atoms with Gasteiger partial charge < -0.3 is 0 Å². The Balaban J connectivity index is 1.63. The molecule has 0 heteroatoms. The van der Waals surface area contributed by atoms with Crippen LogP contribution in [0.3, 0.4) is 0 Å². The van der Waals surface area contributed by atoms with Crippen LogP contribution in [-0.4, -0.2) is 0 Å². The molecule has 0 nitrogen and oxygen atoms in total. The number of hydrogen-bond acceptors (Lipinski definition) is 0. The Morgan fingerprint density at radius 1 is 0.500 bits per heavy atom. The summed E-state index contributed by atoms with van der Waals surface area (Å²) in [4.78, 5) is 0. The van der Waals surface area contributed by atoms with Gasteiger partial charge in [0.25, 0.3) is 0 Å². The van der Waals surface area contributed by atoms with Crippen molar-refractivity contribution >= 4 is 27.6 Å². The molecular formula is C30H22. The normalized spacial score (nSPS) is 12.9. The predicted molar refractivity (Wildman–Crippen MR) is 130 cm³/mol. The lowest BCUT2D eigenvalue weighted by Crippen LogP contribution is -1.94. The van der Waals surface area contributed by atoms with Gasteiger partial charge >= 0.3 is 0 Å². The van der Waals surface area contributed by atoms with Crippen LogP contribution in [0.1, 0.15) is 18.1 Å². The quantitative estimate of drug-likeness (QED) is 0.288. The monoisotopic (exact) mass is 382 g/mol. The molecule has 0 amide bonds. The molecule has 0 fully saturated rings. The molecule has 142 valence electrons. The summed E-state index contributed by atoms with van der Waals surface area (Å²) in [6, 6.07) is 35.3. The molecule has 5 aromatic rings. The van der Waals surface area contributed by atoms with Gasteiger partial charge in [-0.3, -0.25) is 0 Å². The van der Waals surface area contributed by atoms with E-state index >= 15 is 0 Å². The second-order valence-electron chi connectivity index (χ2n) is 8.27. The molecule has 0 heterocycles. The lowest BCUT2D eigenvalue weighted by atomic mass is 9.87. The minimum Gasteiger partial charge on any atom is -0.0683 e. The van der Waals surface area contributed by atoms with E-state index in [1.807, 2.05) is 0 Å². The molecule has 30 heavy (non-hydrogen) atoms. The summed E-state index contributed by atoms with van der Waals surface area (Å²) in [5, 5.41) is 5.23. The van der Waals surface area contributed by atoms with Crippen molar-refractivity contribution in [2.45, 2.75) is 13.3 Å². The van der Waals surface area contributed by atoms with Gasteiger partial charge in [-0.15, -0.1) is 0 Å². The zero-order chi connectivity index (χ0) is 20.1. The second kappa shape index (κ2) is 6.71. The van der Waals surface area contributed by atoms with Crippen LogP contribution >= 0.6 is 0 Å². The Hall–Kier alpha value is -3.64. The van der Waals surface area contributed by atoms with Crippen LogP contribution in [0.25, 0.3) is 49.9 Å². The lowest BCUT2D eigenvalue weighted by molar-refractivity contribution is 1.20. The summed E-state index contributed by atoms with van der Waals surface area (Å²) >= 11 is 0. The molecule has 0 radical (unpaired) electrons. The van der Waals surface area contributed by atoms with Gasteiger partial charge in [-0.1, -0.05) is 109 Å². The minimum atomic E-state index is 1.02. The highest BCUT2D eigenvalue weighted by Gasteiger charge is 2.21. The van der Waals surface area contributed by atoms with E-state index in [-0.39, 0.29) is 0 Å². The van der Waals surface area contributed by atoms with Crippen molar-refractivity contribution in [2.75, 3.05) is 0 Å². The van der Waals surface area contributed by atoms with Crippen LogP contribution in [0.5, 0.6) is 0 Å². The van der Waals surface area contributed by atoms with Gasteiger partial charge in [0.1, 0.15) is 0 Å². The van der Waals surface area contributed by atoms with Gasteiger partial charge in [0, 0.05) is 0 Å². The fourth-order valence-electron chi connectivity index (χ4n) is 5.00. The second-order valence-corrected chi connectivity index (χ2v) is 8.27. The molecule has 6 rings (SSSR count). The molecule has 1 aliphatic carbocycles. The molecule has 1 aliphatic rings. The molecule has 0 saturated carbocycles. The molecule has 0 aliphatic heterocycles. The maximum Gasteiger partial charge on any atom is -0.00542 e. The highest BCUT2D eigenvalue weighted by molar-refractivity contribution is 6.02. The van der Waals surface area contributed by atoms with Crippen molar-refractivity contribution in [3.8, 4) is 22.3 Å². The summed E-state index contributed by atoms with van der Waals surface area (Å²) in [5.74, 6) is 0. The first-order chi connectivity index (χ1) is 14.8. The number of fused-ring (bicyclic) bond motifs is 3. The van der Waals surface area contributed by atoms with E-state index in [1.54, 1.807) is 0 Å². The maximum atomic E-state index is 2.39.